The molecule has 1 atom stereocenters. The second kappa shape index (κ2) is 6.71. The van der Waals surface area contributed by atoms with Crippen molar-refractivity contribution in [3.63, 3.8) is 0 Å². The van der Waals surface area contributed by atoms with Crippen LogP contribution >= 0.6 is 11.6 Å². The Morgan fingerprint density at radius 1 is 1.22 bits per heavy atom. The Bertz CT molecular complexity index is 687. The van der Waals surface area contributed by atoms with Gasteiger partial charge in [-0.25, -0.2) is 9.37 Å². The van der Waals surface area contributed by atoms with Crippen molar-refractivity contribution in [2.45, 2.75) is 38.6 Å². The highest BCUT2D eigenvalue weighted by Crippen LogP contribution is 2.37. The first-order valence-electron chi connectivity index (χ1n) is 7.87. The highest BCUT2D eigenvalue weighted by atomic mass is 35.5. The molecule has 2 N–H and O–H groups in total. The van der Waals surface area contributed by atoms with Crippen molar-refractivity contribution in [3.8, 4) is 0 Å². The van der Waals surface area contributed by atoms with E-state index in [2.05, 4.69) is 14.9 Å². The van der Waals surface area contributed by atoms with Gasteiger partial charge in [0, 0.05) is 23.3 Å². The second-order valence-electron chi connectivity index (χ2n) is 5.95. The number of nitrogens with zero attached hydrogens (tertiary/aromatic N) is 3. The first kappa shape index (κ1) is 16.0. The minimum atomic E-state index is -0.271. The maximum atomic E-state index is 13.7. The fourth-order valence-electron chi connectivity index (χ4n) is 3.20. The van der Waals surface area contributed by atoms with Gasteiger partial charge in [0.05, 0.1) is 6.04 Å². The van der Waals surface area contributed by atoms with Crippen LogP contribution < -0.4 is 10.6 Å². The van der Waals surface area contributed by atoms with E-state index in [-0.39, 0.29) is 17.8 Å². The van der Waals surface area contributed by atoms with Gasteiger partial charge in [-0.1, -0.05) is 24.4 Å². The van der Waals surface area contributed by atoms with Gasteiger partial charge in [-0.2, -0.15) is 4.98 Å². The number of rotatable bonds is 2. The van der Waals surface area contributed by atoms with E-state index in [9.17, 15) is 4.39 Å². The van der Waals surface area contributed by atoms with E-state index < -0.39 is 0 Å². The van der Waals surface area contributed by atoms with E-state index in [1.165, 1.54) is 12.1 Å². The molecular weight excluding hydrogens is 315 g/mol. The fourth-order valence-corrected chi connectivity index (χ4v) is 3.44. The molecule has 0 aliphatic carbocycles. The van der Waals surface area contributed by atoms with E-state index >= 15 is 0 Å². The van der Waals surface area contributed by atoms with Crippen LogP contribution in [0.1, 0.15) is 43.0 Å². The monoisotopic (exact) mass is 334 g/mol. The number of nitrogens with two attached hydrogens (primary N) is 1. The minimum Gasteiger partial charge on any atom is -0.368 e. The Morgan fingerprint density at radius 3 is 2.83 bits per heavy atom. The van der Waals surface area contributed by atoms with E-state index in [1.54, 1.807) is 6.07 Å². The van der Waals surface area contributed by atoms with Gasteiger partial charge in [-0.05, 0) is 43.5 Å². The maximum Gasteiger partial charge on any atom is 0.222 e. The minimum absolute atomic E-state index is 0.00519. The molecule has 1 unspecified atom stereocenters. The maximum absolute atomic E-state index is 13.7. The zero-order valence-corrected chi connectivity index (χ0v) is 13.9. The summed E-state index contributed by atoms with van der Waals surface area (Å²) in [4.78, 5) is 10.7. The first-order valence-corrected chi connectivity index (χ1v) is 8.25. The third-order valence-electron chi connectivity index (χ3n) is 4.22. The van der Waals surface area contributed by atoms with Gasteiger partial charge < -0.3 is 10.6 Å². The van der Waals surface area contributed by atoms with Crippen LogP contribution in [-0.2, 0) is 0 Å². The summed E-state index contributed by atoms with van der Waals surface area (Å²) in [6.45, 7) is 2.73. The molecule has 2 heterocycles. The SMILES string of the molecule is Cc1cc(N2CCCCCC2c2cc(F)ccc2Cl)nc(N)n1. The van der Waals surface area contributed by atoms with Gasteiger partial charge in [0.1, 0.15) is 11.6 Å². The van der Waals surface area contributed by atoms with Gasteiger partial charge in [0.2, 0.25) is 5.95 Å². The lowest BCUT2D eigenvalue weighted by atomic mass is 10.0. The van der Waals surface area contributed by atoms with E-state index in [0.717, 1.165) is 49.3 Å². The number of aryl methyl sites for hydroxylation is 1. The van der Waals surface area contributed by atoms with Crippen molar-refractivity contribution in [2.75, 3.05) is 17.2 Å². The van der Waals surface area contributed by atoms with Crippen LogP contribution in [0.3, 0.4) is 0 Å². The predicted octanol–water partition coefficient (Wildman–Crippen LogP) is 4.28. The predicted molar refractivity (Wildman–Crippen MR) is 91.1 cm³/mol. The van der Waals surface area contributed by atoms with Crippen molar-refractivity contribution in [2.24, 2.45) is 0 Å². The molecule has 0 bridgehead atoms. The number of hydrogen-bond acceptors (Lipinski definition) is 4. The molecule has 0 saturated carbocycles. The van der Waals surface area contributed by atoms with Crippen molar-refractivity contribution >= 4 is 23.4 Å². The normalized spacial score (nSPS) is 18.7. The third-order valence-corrected chi connectivity index (χ3v) is 4.57. The van der Waals surface area contributed by atoms with Crippen molar-refractivity contribution < 1.29 is 4.39 Å². The summed E-state index contributed by atoms with van der Waals surface area (Å²) < 4.78 is 13.7. The first-order chi connectivity index (χ1) is 11.0. The molecular formula is C17H20ClFN4. The Labute approximate surface area is 140 Å². The lowest BCUT2D eigenvalue weighted by Gasteiger charge is -2.32. The molecule has 1 aromatic heterocycles. The Balaban J connectivity index is 2.05. The average molecular weight is 335 g/mol. The van der Waals surface area contributed by atoms with Gasteiger partial charge in [-0.15, -0.1) is 0 Å². The second-order valence-corrected chi connectivity index (χ2v) is 6.36. The van der Waals surface area contributed by atoms with E-state index in [0.29, 0.717) is 5.02 Å². The van der Waals surface area contributed by atoms with Crippen LogP contribution in [0.4, 0.5) is 16.2 Å². The number of nitrogen functional groups attached to an aromatic ring is 1. The topological polar surface area (TPSA) is 55.0 Å². The molecule has 122 valence electrons. The van der Waals surface area contributed by atoms with Crippen molar-refractivity contribution in [3.05, 3.63) is 46.4 Å². The molecule has 1 aliphatic heterocycles. The van der Waals surface area contributed by atoms with Crippen LogP contribution in [-0.4, -0.2) is 16.5 Å². The smallest absolute Gasteiger partial charge is 0.222 e. The molecule has 1 fully saturated rings. The molecule has 4 nitrogen and oxygen atoms in total. The van der Waals surface area contributed by atoms with Crippen LogP contribution in [0.25, 0.3) is 0 Å². The van der Waals surface area contributed by atoms with Gasteiger partial charge in [-0.3, -0.25) is 0 Å². The molecule has 0 amide bonds. The largest absolute Gasteiger partial charge is 0.368 e. The van der Waals surface area contributed by atoms with E-state index in [1.807, 2.05) is 13.0 Å². The highest BCUT2D eigenvalue weighted by molar-refractivity contribution is 6.31. The molecule has 23 heavy (non-hydrogen) atoms. The Hall–Kier alpha value is -1.88. The molecule has 6 heteroatoms. The molecule has 3 rings (SSSR count). The van der Waals surface area contributed by atoms with Gasteiger partial charge in [0.15, 0.2) is 0 Å². The summed E-state index contributed by atoms with van der Waals surface area (Å²) in [6.07, 6.45) is 4.19. The number of anilines is 2. The molecule has 1 aromatic carbocycles. The Kier molecular flexibility index (Phi) is 4.66. The van der Waals surface area contributed by atoms with Crippen LogP contribution in [0.15, 0.2) is 24.3 Å². The molecule has 0 spiro atoms. The van der Waals surface area contributed by atoms with Crippen LogP contribution in [0.5, 0.6) is 0 Å². The highest BCUT2D eigenvalue weighted by Gasteiger charge is 2.26. The van der Waals surface area contributed by atoms with Gasteiger partial charge in [0.25, 0.3) is 0 Å². The van der Waals surface area contributed by atoms with E-state index in [4.69, 9.17) is 17.3 Å². The number of hydrogen-bond donors (Lipinski definition) is 1. The summed E-state index contributed by atoms with van der Waals surface area (Å²) in [5.41, 5.74) is 7.44. The summed E-state index contributed by atoms with van der Waals surface area (Å²) >= 11 is 6.35. The summed E-state index contributed by atoms with van der Waals surface area (Å²) in [5.74, 6) is 0.766. The molecule has 2 aromatic rings. The number of aromatic nitrogens is 2. The zero-order chi connectivity index (χ0) is 16.4. The molecule has 1 saturated heterocycles. The average Bonchev–Trinajstić information content (AvgIpc) is 2.74. The van der Waals surface area contributed by atoms with Gasteiger partial charge >= 0.3 is 0 Å². The zero-order valence-electron chi connectivity index (χ0n) is 13.1. The lowest BCUT2D eigenvalue weighted by molar-refractivity contribution is 0.582. The Morgan fingerprint density at radius 2 is 2.04 bits per heavy atom. The lowest BCUT2D eigenvalue weighted by Crippen LogP contribution is -2.30. The fraction of sp³-hybridized carbons (Fsp3) is 0.412. The molecule has 0 radical (unpaired) electrons. The van der Waals surface area contributed by atoms with Crippen molar-refractivity contribution in [1.82, 2.24) is 9.97 Å². The number of halogens is 2. The summed E-state index contributed by atoms with van der Waals surface area (Å²) in [5, 5.41) is 0.585. The summed E-state index contributed by atoms with van der Waals surface area (Å²) in [7, 11) is 0. The van der Waals surface area contributed by atoms with Crippen molar-refractivity contribution in [1.29, 1.82) is 0 Å². The number of benzene rings is 1. The van der Waals surface area contributed by atoms with Crippen LogP contribution in [0, 0.1) is 12.7 Å². The quantitative estimate of drug-likeness (QED) is 0.890. The molecule has 1 aliphatic rings. The third kappa shape index (κ3) is 3.55. The summed E-state index contributed by atoms with van der Waals surface area (Å²) in [6, 6.07) is 6.45. The van der Waals surface area contributed by atoms with Crippen LogP contribution in [0.2, 0.25) is 5.02 Å². The standard InChI is InChI=1S/C17H20ClFN4/c1-11-9-16(22-17(20)21-11)23-8-4-2-3-5-15(23)13-10-12(19)6-7-14(13)18/h6-7,9-10,15H,2-5,8H2,1H3,(H2,20,21,22).